The van der Waals surface area contributed by atoms with Crippen LogP contribution in [0.5, 0.6) is 11.5 Å². The molecule has 1 atom stereocenters. The highest BCUT2D eigenvalue weighted by molar-refractivity contribution is 5.44. The van der Waals surface area contributed by atoms with E-state index < -0.39 is 0 Å². The largest absolute Gasteiger partial charge is 0.497 e. The zero-order valence-electron chi connectivity index (χ0n) is 14.8. The van der Waals surface area contributed by atoms with Crippen molar-refractivity contribution >= 4 is 0 Å². The summed E-state index contributed by atoms with van der Waals surface area (Å²) in [4.78, 5) is 2.51. The summed E-state index contributed by atoms with van der Waals surface area (Å²) in [6, 6.07) is 16.7. The lowest BCUT2D eigenvalue weighted by atomic mass is 9.81. The molecule has 1 saturated heterocycles. The van der Waals surface area contributed by atoms with Crippen LogP contribution in [0.1, 0.15) is 36.4 Å². The molecule has 4 heteroatoms. The predicted molar refractivity (Wildman–Crippen MR) is 98.9 cm³/mol. The van der Waals surface area contributed by atoms with Crippen molar-refractivity contribution in [1.29, 1.82) is 0 Å². The number of benzene rings is 2. The molecule has 1 fully saturated rings. The molecule has 2 aromatic carbocycles. The topological polar surface area (TPSA) is 47.7 Å². The number of hydrogen-bond donors (Lipinski definition) is 1. The zero-order valence-corrected chi connectivity index (χ0v) is 14.8. The average Bonchev–Trinajstić information content (AvgIpc) is 2.64. The molecular weight excluding hydrogens is 312 g/mol. The lowest BCUT2D eigenvalue weighted by molar-refractivity contribution is -0.0235. The maximum absolute atomic E-state index is 6.48. The maximum atomic E-state index is 6.48. The van der Waals surface area contributed by atoms with Crippen molar-refractivity contribution in [2.24, 2.45) is 5.73 Å². The van der Waals surface area contributed by atoms with E-state index in [9.17, 15) is 0 Å². The number of nitrogens with two attached hydrogens (primary N) is 1. The summed E-state index contributed by atoms with van der Waals surface area (Å²) in [5, 5.41) is 0. The number of likely N-dealkylation sites (tertiary alicyclic amines) is 1. The van der Waals surface area contributed by atoms with Crippen LogP contribution in [0.2, 0.25) is 0 Å². The maximum Gasteiger partial charge on any atom is 0.125 e. The second-order valence-electron chi connectivity index (χ2n) is 7.26. The van der Waals surface area contributed by atoms with Gasteiger partial charge in [-0.1, -0.05) is 30.3 Å². The van der Waals surface area contributed by atoms with Gasteiger partial charge in [0.15, 0.2) is 0 Å². The first-order valence-electron chi connectivity index (χ1n) is 9.06. The number of rotatable bonds is 3. The summed E-state index contributed by atoms with van der Waals surface area (Å²) in [6.07, 6.45) is 2.93. The normalized spacial score (nSPS) is 22.2. The Hall–Kier alpha value is -2.04. The average molecular weight is 338 g/mol. The molecule has 2 aliphatic heterocycles. The molecule has 0 aliphatic carbocycles. The summed E-state index contributed by atoms with van der Waals surface area (Å²) in [5.74, 6) is 1.77. The van der Waals surface area contributed by atoms with E-state index in [-0.39, 0.29) is 11.6 Å². The SMILES string of the molecule is COc1ccc2c(c1)[C@@H](N)CC1(CCN(Cc3ccccc3)CC1)O2. The van der Waals surface area contributed by atoms with Gasteiger partial charge in [0.2, 0.25) is 0 Å². The number of nitrogens with zero attached hydrogens (tertiary/aromatic N) is 1. The van der Waals surface area contributed by atoms with Gasteiger partial charge in [0.05, 0.1) is 7.11 Å². The second-order valence-corrected chi connectivity index (χ2v) is 7.26. The highest BCUT2D eigenvalue weighted by Crippen LogP contribution is 2.44. The van der Waals surface area contributed by atoms with E-state index >= 15 is 0 Å². The van der Waals surface area contributed by atoms with Gasteiger partial charge < -0.3 is 15.2 Å². The minimum Gasteiger partial charge on any atom is -0.497 e. The highest BCUT2D eigenvalue weighted by Gasteiger charge is 2.42. The molecule has 0 unspecified atom stereocenters. The monoisotopic (exact) mass is 338 g/mol. The fraction of sp³-hybridized carbons (Fsp3) is 0.429. The zero-order chi connectivity index (χ0) is 17.3. The van der Waals surface area contributed by atoms with Crippen LogP contribution >= 0.6 is 0 Å². The van der Waals surface area contributed by atoms with Gasteiger partial charge in [-0.15, -0.1) is 0 Å². The van der Waals surface area contributed by atoms with Crippen LogP contribution in [0.15, 0.2) is 48.5 Å². The van der Waals surface area contributed by atoms with Crippen LogP contribution in [-0.2, 0) is 6.54 Å². The fourth-order valence-corrected chi connectivity index (χ4v) is 4.09. The lowest BCUT2D eigenvalue weighted by Crippen LogP contribution is -2.51. The van der Waals surface area contributed by atoms with Gasteiger partial charge in [0.25, 0.3) is 0 Å². The first-order chi connectivity index (χ1) is 12.2. The Morgan fingerprint density at radius 2 is 1.92 bits per heavy atom. The molecule has 4 rings (SSSR count). The number of piperidine rings is 1. The third-order valence-electron chi connectivity index (χ3n) is 5.55. The quantitative estimate of drug-likeness (QED) is 0.930. The van der Waals surface area contributed by atoms with E-state index in [4.69, 9.17) is 15.2 Å². The third kappa shape index (κ3) is 3.37. The van der Waals surface area contributed by atoms with Gasteiger partial charge in [-0.3, -0.25) is 4.90 Å². The van der Waals surface area contributed by atoms with Crippen molar-refractivity contribution < 1.29 is 9.47 Å². The summed E-state index contributed by atoms with van der Waals surface area (Å²) < 4.78 is 11.8. The Morgan fingerprint density at radius 3 is 2.64 bits per heavy atom. The van der Waals surface area contributed by atoms with E-state index in [1.54, 1.807) is 7.11 Å². The minimum absolute atomic E-state index is 0.0134. The lowest BCUT2D eigenvalue weighted by Gasteiger charge is -2.46. The molecule has 0 bridgehead atoms. The van der Waals surface area contributed by atoms with Crippen LogP contribution in [0.3, 0.4) is 0 Å². The Morgan fingerprint density at radius 1 is 1.16 bits per heavy atom. The number of methoxy groups -OCH3 is 1. The standard InChI is InChI=1S/C21H26N2O2/c1-24-17-7-8-20-18(13-17)19(22)14-21(25-20)9-11-23(12-10-21)15-16-5-3-2-4-6-16/h2-8,13,19H,9-12,14-15,22H2,1H3/t19-/m0/s1. The van der Waals surface area contributed by atoms with Crippen molar-refractivity contribution in [2.45, 2.75) is 37.5 Å². The smallest absolute Gasteiger partial charge is 0.125 e. The Kier molecular flexibility index (Phi) is 4.40. The van der Waals surface area contributed by atoms with Gasteiger partial charge in [-0.2, -0.15) is 0 Å². The summed E-state index contributed by atoms with van der Waals surface area (Å²) in [6.45, 7) is 3.11. The van der Waals surface area contributed by atoms with Crippen molar-refractivity contribution in [1.82, 2.24) is 4.90 Å². The van der Waals surface area contributed by atoms with E-state index in [2.05, 4.69) is 35.2 Å². The first kappa shape index (κ1) is 16.4. The van der Waals surface area contributed by atoms with Crippen LogP contribution in [0.25, 0.3) is 0 Å². The van der Waals surface area contributed by atoms with Gasteiger partial charge >= 0.3 is 0 Å². The van der Waals surface area contributed by atoms with Crippen LogP contribution in [0.4, 0.5) is 0 Å². The second kappa shape index (κ2) is 6.70. The molecule has 1 spiro atoms. The molecule has 2 aromatic rings. The molecule has 0 aromatic heterocycles. The van der Waals surface area contributed by atoms with E-state index in [1.165, 1.54) is 5.56 Å². The van der Waals surface area contributed by atoms with Gasteiger partial charge in [0, 0.05) is 37.7 Å². The molecular formula is C21H26N2O2. The number of hydrogen-bond acceptors (Lipinski definition) is 4. The summed E-state index contributed by atoms with van der Waals surface area (Å²) in [5.41, 5.74) is 8.81. The molecule has 2 aliphatic rings. The molecule has 0 amide bonds. The van der Waals surface area contributed by atoms with Crippen LogP contribution in [-0.4, -0.2) is 30.7 Å². The number of ether oxygens (including phenoxy) is 2. The highest BCUT2D eigenvalue weighted by atomic mass is 16.5. The molecule has 0 saturated carbocycles. The van der Waals surface area contributed by atoms with Crippen molar-refractivity contribution in [3.05, 3.63) is 59.7 Å². The van der Waals surface area contributed by atoms with Gasteiger partial charge in [0.1, 0.15) is 17.1 Å². The van der Waals surface area contributed by atoms with Gasteiger partial charge in [-0.25, -0.2) is 0 Å². The Balaban J connectivity index is 1.44. The van der Waals surface area contributed by atoms with Crippen molar-refractivity contribution in [2.75, 3.05) is 20.2 Å². The number of fused-ring (bicyclic) bond motifs is 1. The van der Waals surface area contributed by atoms with E-state index in [1.807, 2.05) is 18.2 Å². The molecule has 0 radical (unpaired) electrons. The molecule has 132 valence electrons. The first-order valence-corrected chi connectivity index (χ1v) is 9.06. The Labute approximate surface area is 149 Å². The molecule has 4 nitrogen and oxygen atoms in total. The van der Waals surface area contributed by atoms with Gasteiger partial charge in [-0.05, 0) is 36.6 Å². The Bertz CT molecular complexity index is 724. The summed E-state index contributed by atoms with van der Waals surface area (Å²) in [7, 11) is 1.68. The predicted octanol–water partition coefficient (Wildman–Crippen LogP) is 3.51. The molecule has 25 heavy (non-hydrogen) atoms. The van der Waals surface area contributed by atoms with Crippen molar-refractivity contribution in [3.8, 4) is 11.5 Å². The van der Waals surface area contributed by atoms with Crippen LogP contribution in [0, 0.1) is 0 Å². The molecule has 2 heterocycles. The van der Waals surface area contributed by atoms with Crippen LogP contribution < -0.4 is 15.2 Å². The van der Waals surface area contributed by atoms with Crippen molar-refractivity contribution in [3.63, 3.8) is 0 Å². The summed E-state index contributed by atoms with van der Waals surface area (Å²) >= 11 is 0. The third-order valence-corrected chi connectivity index (χ3v) is 5.55. The van der Waals surface area contributed by atoms with E-state index in [0.717, 1.165) is 56.0 Å². The molecule has 2 N–H and O–H groups in total. The minimum atomic E-state index is -0.117. The van der Waals surface area contributed by atoms with E-state index in [0.29, 0.717) is 0 Å². The fourth-order valence-electron chi connectivity index (χ4n) is 4.09.